The summed E-state index contributed by atoms with van der Waals surface area (Å²) < 4.78 is 0. The van der Waals surface area contributed by atoms with Gasteiger partial charge in [-0.15, -0.1) is 0 Å². The highest BCUT2D eigenvalue weighted by Crippen LogP contribution is 2.69. The second-order valence-corrected chi connectivity index (χ2v) is 10.6. The van der Waals surface area contributed by atoms with Gasteiger partial charge in [0.1, 0.15) is 0 Å². The van der Waals surface area contributed by atoms with Gasteiger partial charge in [-0.05, 0) is 86.0 Å². The number of hydrogen-bond donors (Lipinski definition) is 1. The fraction of sp³-hybridized carbons (Fsp3) is 0.760. The molecule has 0 unspecified atom stereocenters. The van der Waals surface area contributed by atoms with E-state index in [1.54, 1.807) is 0 Å². The zero-order valence-corrected chi connectivity index (χ0v) is 16.7. The van der Waals surface area contributed by atoms with Crippen molar-refractivity contribution in [3.8, 4) is 0 Å². The van der Waals surface area contributed by atoms with Crippen LogP contribution in [-0.2, 0) is 5.60 Å². The van der Waals surface area contributed by atoms with Crippen LogP contribution in [0.3, 0.4) is 0 Å². The average Bonchev–Trinajstić information content (AvgIpc) is 2.94. The van der Waals surface area contributed by atoms with Crippen LogP contribution in [0.25, 0.3) is 0 Å². The topological polar surface area (TPSA) is 20.2 Å². The van der Waals surface area contributed by atoms with E-state index < -0.39 is 5.60 Å². The van der Waals surface area contributed by atoms with E-state index in [4.69, 9.17) is 0 Å². The molecule has 1 aromatic carbocycles. The van der Waals surface area contributed by atoms with Crippen LogP contribution in [0.5, 0.6) is 0 Å². The van der Waals surface area contributed by atoms with Crippen LogP contribution >= 0.6 is 0 Å². The Hall–Kier alpha value is -0.820. The summed E-state index contributed by atoms with van der Waals surface area (Å²) in [4.78, 5) is 0. The summed E-state index contributed by atoms with van der Waals surface area (Å²) in [6.45, 7) is 5.08. The first-order valence-electron chi connectivity index (χ1n) is 11.3. The van der Waals surface area contributed by atoms with Gasteiger partial charge in [-0.3, -0.25) is 0 Å². The van der Waals surface area contributed by atoms with Crippen molar-refractivity contribution in [1.82, 2.24) is 0 Å². The lowest BCUT2D eigenvalue weighted by Crippen LogP contribution is -2.55. The molecule has 0 radical (unpaired) electrons. The molecule has 0 aromatic heterocycles. The number of benzene rings is 1. The molecular formula is C25H36O. The van der Waals surface area contributed by atoms with Crippen LogP contribution in [0.2, 0.25) is 0 Å². The molecule has 26 heavy (non-hydrogen) atoms. The first-order valence-corrected chi connectivity index (χ1v) is 11.3. The molecular weight excluding hydrogens is 316 g/mol. The van der Waals surface area contributed by atoms with Crippen molar-refractivity contribution >= 4 is 0 Å². The molecule has 1 nitrogen and oxygen atoms in total. The Labute approximate surface area is 159 Å². The second-order valence-electron chi connectivity index (χ2n) is 10.6. The Morgan fingerprint density at radius 3 is 2.38 bits per heavy atom. The highest BCUT2D eigenvalue weighted by atomic mass is 16.3. The van der Waals surface area contributed by atoms with Gasteiger partial charge < -0.3 is 5.11 Å². The van der Waals surface area contributed by atoms with Crippen molar-refractivity contribution in [1.29, 1.82) is 0 Å². The summed E-state index contributed by atoms with van der Waals surface area (Å²) >= 11 is 0. The van der Waals surface area contributed by atoms with Crippen molar-refractivity contribution in [3.63, 3.8) is 0 Å². The third kappa shape index (κ3) is 2.13. The number of hydrogen-bond acceptors (Lipinski definition) is 1. The predicted molar refractivity (Wildman–Crippen MR) is 107 cm³/mol. The molecule has 4 aliphatic rings. The molecule has 142 valence electrons. The van der Waals surface area contributed by atoms with Crippen molar-refractivity contribution in [2.45, 2.75) is 83.7 Å². The minimum absolute atomic E-state index is 0.0629. The number of fused-ring (bicyclic) bond motifs is 5. The minimum atomic E-state index is -0.617. The van der Waals surface area contributed by atoms with Gasteiger partial charge in [-0.25, -0.2) is 0 Å². The highest BCUT2D eigenvalue weighted by Gasteiger charge is 2.64. The molecule has 4 fully saturated rings. The monoisotopic (exact) mass is 352 g/mol. The third-order valence-corrected chi connectivity index (χ3v) is 9.99. The molecule has 0 heterocycles. The zero-order valence-electron chi connectivity index (χ0n) is 16.7. The van der Waals surface area contributed by atoms with Crippen molar-refractivity contribution in [2.24, 2.45) is 34.5 Å². The average molecular weight is 353 g/mol. The van der Waals surface area contributed by atoms with Gasteiger partial charge in [0.15, 0.2) is 0 Å². The molecule has 4 aliphatic carbocycles. The quantitative estimate of drug-likeness (QED) is 0.628. The maximum absolute atomic E-state index is 11.9. The van der Waals surface area contributed by atoms with Crippen LogP contribution in [0.4, 0.5) is 0 Å². The van der Waals surface area contributed by atoms with Crippen LogP contribution in [0.15, 0.2) is 30.3 Å². The normalized spacial score (nSPS) is 50.6. The molecule has 1 heteroatoms. The maximum Gasteiger partial charge on any atom is 0.0952 e. The Morgan fingerprint density at radius 1 is 0.808 bits per heavy atom. The van der Waals surface area contributed by atoms with Gasteiger partial charge in [0.2, 0.25) is 0 Å². The van der Waals surface area contributed by atoms with Gasteiger partial charge in [-0.2, -0.15) is 0 Å². The lowest BCUT2D eigenvalue weighted by molar-refractivity contribution is -0.154. The van der Waals surface area contributed by atoms with E-state index in [1.165, 1.54) is 63.4 Å². The Bertz CT molecular complexity index is 668. The second kappa shape index (κ2) is 5.84. The molecule has 0 amide bonds. The smallest absolute Gasteiger partial charge is 0.0952 e. The summed E-state index contributed by atoms with van der Waals surface area (Å²) in [6, 6.07) is 10.6. The van der Waals surface area contributed by atoms with Gasteiger partial charge in [0, 0.05) is 5.41 Å². The fourth-order valence-electron chi connectivity index (χ4n) is 8.50. The van der Waals surface area contributed by atoms with Crippen LogP contribution < -0.4 is 0 Å². The van der Waals surface area contributed by atoms with Crippen molar-refractivity contribution < 1.29 is 5.11 Å². The summed E-state index contributed by atoms with van der Waals surface area (Å²) in [7, 11) is 0. The fourth-order valence-corrected chi connectivity index (χ4v) is 8.50. The molecule has 1 aromatic rings. The minimum Gasteiger partial charge on any atom is -0.385 e. The molecule has 0 saturated heterocycles. The van der Waals surface area contributed by atoms with Crippen LogP contribution in [0.1, 0.15) is 83.6 Å². The van der Waals surface area contributed by atoms with Crippen molar-refractivity contribution in [3.05, 3.63) is 35.9 Å². The highest BCUT2D eigenvalue weighted by molar-refractivity contribution is 5.29. The molecule has 1 N–H and O–H groups in total. The lowest BCUT2D eigenvalue weighted by atomic mass is 9.44. The predicted octanol–water partition coefficient (Wildman–Crippen LogP) is 6.31. The maximum atomic E-state index is 11.9. The van der Waals surface area contributed by atoms with Crippen molar-refractivity contribution in [2.75, 3.05) is 0 Å². The van der Waals surface area contributed by atoms with Crippen LogP contribution in [-0.4, -0.2) is 5.11 Å². The van der Waals surface area contributed by atoms with Gasteiger partial charge in [0.05, 0.1) is 5.60 Å². The molecule has 4 saturated carbocycles. The summed E-state index contributed by atoms with van der Waals surface area (Å²) in [5, 5.41) is 11.9. The van der Waals surface area contributed by atoms with Gasteiger partial charge in [0.25, 0.3) is 0 Å². The Morgan fingerprint density at radius 2 is 1.58 bits per heavy atom. The van der Waals surface area contributed by atoms with E-state index in [-0.39, 0.29) is 5.41 Å². The molecule has 5 rings (SSSR count). The summed E-state index contributed by atoms with van der Waals surface area (Å²) in [6.07, 6.45) is 13.5. The standard InChI is InChI=1S/C25H36O/c1-23-15-7-6-8-18(23)11-12-20-21(23)13-16-24(2)22(20)14-17-25(24,26)19-9-4-3-5-10-19/h3-5,9-10,18,20-22,26H,6-8,11-17H2,1-2H3/t18-,20+,21-,22-,23+,24+,25+/m1/s1. The molecule has 0 bridgehead atoms. The molecule has 0 spiro atoms. The SMILES string of the molecule is C[C@]12CCCC[C@@H]1CC[C@H]1[C@H]2CC[C@@]2(C)[C@@H]1CC[C@]2(O)c1ccccc1. The Kier molecular flexibility index (Phi) is 3.88. The lowest BCUT2D eigenvalue weighted by Gasteiger charge is -2.61. The molecule has 7 atom stereocenters. The summed E-state index contributed by atoms with van der Waals surface area (Å²) in [5.41, 5.74) is 1.21. The van der Waals surface area contributed by atoms with Crippen LogP contribution in [0, 0.1) is 34.5 Å². The first-order chi connectivity index (χ1) is 12.5. The Balaban J connectivity index is 1.49. The van der Waals surface area contributed by atoms with E-state index in [0.717, 1.165) is 24.2 Å². The number of aliphatic hydroxyl groups is 1. The number of rotatable bonds is 1. The van der Waals surface area contributed by atoms with Gasteiger partial charge >= 0.3 is 0 Å². The van der Waals surface area contributed by atoms with Gasteiger partial charge in [-0.1, -0.05) is 57.0 Å². The van der Waals surface area contributed by atoms with E-state index in [1.807, 2.05) is 0 Å². The van der Waals surface area contributed by atoms with E-state index >= 15 is 0 Å². The molecule has 0 aliphatic heterocycles. The largest absolute Gasteiger partial charge is 0.385 e. The zero-order chi connectivity index (χ0) is 18.0. The van der Waals surface area contributed by atoms with E-state index in [2.05, 4.69) is 44.2 Å². The first kappa shape index (κ1) is 17.3. The van der Waals surface area contributed by atoms with E-state index in [9.17, 15) is 5.11 Å². The third-order valence-electron chi connectivity index (χ3n) is 9.99. The summed E-state index contributed by atoms with van der Waals surface area (Å²) in [5.74, 6) is 3.46. The van der Waals surface area contributed by atoms with E-state index in [0.29, 0.717) is 11.3 Å².